The zero-order chi connectivity index (χ0) is 20.2. The van der Waals surface area contributed by atoms with Crippen LogP contribution in [-0.2, 0) is 16.0 Å². The predicted molar refractivity (Wildman–Crippen MR) is 112 cm³/mol. The molecule has 3 aromatic rings. The SMILES string of the molecule is O=C(CCCc1nc2ccccc2c(=O)[nH]1)Nc1ccc(N2CCCC2=O)cc1. The molecule has 0 atom stereocenters. The number of aryl methyl sites for hydroxylation is 1. The number of nitrogens with zero attached hydrogens (tertiary/aromatic N) is 2. The summed E-state index contributed by atoms with van der Waals surface area (Å²) in [5, 5.41) is 3.43. The fourth-order valence-corrected chi connectivity index (χ4v) is 3.54. The Balaban J connectivity index is 1.30. The van der Waals surface area contributed by atoms with Crippen LogP contribution in [-0.4, -0.2) is 28.3 Å². The van der Waals surface area contributed by atoms with Crippen molar-refractivity contribution in [1.29, 1.82) is 0 Å². The van der Waals surface area contributed by atoms with Gasteiger partial charge in [-0.25, -0.2) is 4.98 Å². The lowest BCUT2D eigenvalue weighted by Gasteiger charge is -2.16. The van der Waals surface area contributed by atoms with E-state index >= 15 is 0 Å². The van der Waals surface area contributed by atoms with E-state index < -0.39 is 0 Å². The average molecular weight is 390 g/mol. The van der Waals surface area contributed by atoms with Gasteiger partial charge >= 0.3 is 0 Å². The molecule has 1 aromatic heterocycles. The van der Waals surface area contributed by atoms with Crippen LogP contribution in [0.3, 0.4) is 0 Å². The Hall–Kier alpha value is -3.48. The van der Waals surface area contributed by atoms with Crippen LogP contribution in [0, 0.1) is 0 Å². The number of hydrogen-bond donors (Lipinski definition) is 2. The van der Waals surface area contributed by atoms with Gasteiger partial charge in [0.05, 0.1) is 10.9 Å². The topological polar surface area (TPSA) is 95.2 Å². The van der Waals surface area contributed by atoms with Gasteiger partial charge in [-0.15, -0.1) is 0 Å². The van der Waals surface area contributed by atoms with E-state index in [2.05, 4.69) is 15.3 Å². The van der Waals surface area contributed by atoms with Gasteiger partial charge in [-0.3, -0.25) is 14.4 Å². The van der Waals surface area contributed by atoms with Gasteiger partial charge in [0.1, 0.15) is 5.82 Å². The number of benzene rings is 2. The largest absolute Gasteiger partial charge is 0.326 e. The molecule has 0 unspecified atom stereocenters. The molecule has 2 aromatic carbocycles. The van der Waals surface area contributed by atoms with Gasteiger partial charge in [0.2, 0.25) is 11.8 Å². The Bertz CT molecular complexity index is 1100. The highest BCUT2D eigenvalue weighted by atomic mass is 16.2. The molecule has 0 saturated carbocycles. The summed E-state index contributed by atoms with van der Waals surface area (Å²) in [7, 11) is 0. The summed E-state index contributed by atoms with van der Waals surface area (Å²) in [4.78, 5) is 45.1. The van der Waals surface area contributed by atoms with Gasteiger partial charge in [0.25, 0.3) is 5.56 Å². The van der Waals surface area contributed by atoms with E-state index in [1.165, 1.54) is 0 Å². The van der Waals surface area contributed by atoms with Crippen LogP contribution >= 0.6 is 0 Å². The lowest BCUT2D eigenvalue weighted by molar-refractivity contribution is -0.117. The van der Waals surface area contributed by atoms with Crippen molar-refractivity contribution in [2.24, 2.45) is 0 Å². The smallest absolute Gasteiger partial charge is 0.258 e. The maximum absolute atomic E-state index is 12.2. The number of carbonyl (C=O) groups is 2. The second kappa shape index (κ2) is 8.26. The van der Waals surface area contributed by atoms with Gasteiger partial charge < -0.3 is 15.2 Å². The van der Waals surface area contributed by atoms with Crippen LogP contribution < -0.4 is 15.8 Å². The average Bonchev–Trinajstić information content (AvgIpc) is 3.14. The minimum absolute atomic E-state index is 0.0989. The number of para-hydroxylation sites is 1. The van der Waals surface area contributed by atoms with Crippen LogP contribution in [0.25, 0.3) is 10.9 Å². The quantitative estimate of drug-likeness (QED) is 0.676. The molecule has 1 saturated heterocycles. The maximum Gasteiger partial charge on any atom is 0.258 e. The summed E-state index contributed by atoms with van der Waals surface area (Å²) in [5.41, 5.74) is 2.05. The first kappa shape index (κ1) is 18.9. The minimum Gasteiger partial charge on any atom is -0.326 e. The molecule has 0 radical (unpaired) electrons. The Morgan fingerprint density at radius 1 is 1.10 bits per heavy atom. The van der Waals surface area contributed by atoms with Crippen molar-refractivity contribution in [2.75, 3.05) is 16.8 Å². The monoisotopic (exact) mass is 390 g/mol. The molecule has 1 aliphatic heterocycles. The first-order valence-electron chi connectivity index (χ1n) is 9.78. The van der Waals surface area contributed by atoms with Gasteiger partial charge in [0.15, 0.2) is 0 Å². The molecular formula is C22H22N4O3. The number of rotatable bonds is 6. The molecule has 2 heterocycles. The number of aromatic nitrogens is 2. The molecule has 1 fully saturated rings. The molecule has 7 nitrogen and oxygen atoms in total. The van der Waals surface area contributed by atoms with E-state index in [1.54, 1.807) is 35.2 Å². The van der Waals surface area contributed by atoms with E-state index in [9.17, 15) is 14.4 Å². The summed E-state index contributed by atoms with van der Waals surface area (Å²) in [6.07, 6.45) is 2.89. The Kier molecular flexibility index (Phi) is 5.37. The maximum atomic E-state index is 12.2. The number of anilines is 2. The standard InChI is InChI=1S/C22H22N4O3/c27-20(23-15-10-12-16(13-11-15)26-14-4-9-21(26)28)8-3-7-19-24-18-6-2-1-5-17(18)22(29)25-19/h1-2,5-6,10-13H,3-4,7-9,14H2,(H,23,27)(H,24,25,29). The van der Waals surface area contributed by atoms with Gasteiger partial charge in [-0.1, -0.05) is 12.1 Å². The third-order valence-corrected chi connectivity index (χ3v) is 5.02. The highest BCUT2D eigenvalue weighted by Crippen LogP contribution is 2.23. The number of nitrogens with one attached hydrogen (secondary N) is 2. The minimum atomic E-state index is -0.161. The van der Waals surface area contributed by atoms with Crippen LogP contribution in [0.2, 0.25) is 0 Å². The molecular weight excluding hydrogens is 368 g/mol. The van der Waals surface area contributed by atoms with Crippen molar-refractivity contribution in [1.82, 2.24) is 9.97 Å². The zero-order valence-electron chi connectivity index (χ0n) is 16.0. The van der Waals surface area contributed by atoms with E-state index in [-0.39, 0.29) is 17.4 Å². The molecule has 4 rings (SSSR count). The fourth-order valence-electron chi connectivity index (χ4n) is 3.54. The van der Waals surface area contributed by atoms with Crippen molar-refractivity contribution >= 4 is 34.1 Å². The first-order valence-corrected chi connectivity index (χ1v) is 9.78. The van der Waals surface area contributed by atoms with E-state index in [0.29, 0.717) is 48.1 Å². The lowest BCUT2D eigenvalue weighted by Crippen LogP contribution is -2.23. The van der Waals surface area contributed by atoms with E-state index in [0.717, 1.165) is 18.7 Å². The van der Waals surface area contributed by atoms with Gasteiger partial charge in [-0.2, -0.15) is 0 Å². The second-order valence-electron chi connectivity index (χ2n) is 7.13. The molecule has 29 heavy (non-hydrogen) atoms. The van der Waals surface area contributed by atoms with Gasteiger partial charge in [0, 0.05) is 37.2 Å². The summed E-state index contributed by atoms with van der Waals surface area (Å²) in [5.74, 6) is 0.626. The highest BCUT2D eigenvalue weighted by Gasteiger charge is 2.21. The Morgan fingerprint density at radius 2 is 1.90 bits per heavy atom. The molecule has 0 bridgehead atoms. The first-order chi connectivity index (χ1) is 14.1. The third-order valence-electron chi connectivity index (χ3n) is 5.02. The normalized spacial score (nSPS) is 13.8. The Morgan fingerprint density at radius 3 is 2.66 bits per heavy atom. The highest BCUT2D eigenvalue weighted by molar-refractivity contribution is 5.96. The molecule has 2 amide bonds. The van der Waals surface area contributed by atoms with Crippen LogP contribution in [0.15, 0.2) is 53.3 Å². The van der Waals surface area contributed by atoms with Crippen LogP contribution in [0.5, 0.6) is 0 Å². The second-order valence-corrected chi connectivity index (χ2v) is 7.13. The van der Waals surface area contributed by atoms with Crippen molar-refractivity contribution in [2.45, 2.75) is 32.1 Å². The summed E-state index contributed by atoms with van der Waals surface area (Å²) < 4.78 is 0. The van der Waals surface area contributed by atoms with Crippen molar-refractivity contribution in [3.8, 4) is 0 Å². The van der Waals surface area contributed by atoms with Crippen LogP contribution in [0.1, 0.15) is 31.5 Å². The summed E-state index contributed by atoms with van der Waals surface area (Å²) >= 11 is 0. The number of amides is 2. The molecule has 7 heteroatoms. The van der Waals surface area contributed by atoms with Gasteiger partial charge in [-0.05, 0) is 49.2 Å². The lowest BCUT2D eigenvalue weighted by atomic mass is 10.2. The number of hydrogen-bond acceptors (Lipinski definition) is 4. The zero-order valence-corrected chi connectivity index (χ0v) is 16.0. The number of aromatic amines is 1. The van der Waals surface area contributed by atoms with Crippen molar-refractivity contribution in [3.05, 3.63) is 64.7 Å². The Labute approximate surface area is 167 Å². The summed E-state index contributed by atoms with van der Waals surface area (Å²) in [6.45, 7) is 0.745. The summed E-state index contributed by atoms with van der Waals surface area (Å²) in [6, 6.07) is 14.5. The molecule has 2 N–H and O–H groups in total. The molecule has 0 spiro atoms. The van der Waals surface area contributed by atoms with Crippen molar-refractivity contribution in [3.63, 3.8) is 0 Å². The van der Waals surface area contributed by atoms with Crippen molar-refractivity contribution < 1.29 is 9.59 Å². The number of carbonyl (C=O) groups excluding carboxylic acids is 2. The van der Waals surface area contributed by atoms with Crippen LogP contribution in [0.4, 0.5) is 11.4 Å². The molecule has 148 valence electrons. The van der Waals surface area contributed by atoms with E-state index in [1.807, 2.05) is 18.2 Å². The predicted octanol–water partition coefficient (Wildman–Crippen LogP) is 3.01. The fraction of sp³-hybridized carbons (Fsp3) is 0.273. The molecule has 0 aliphatic carbocycles. The molecule has 1 aliphatic rings. The number of fused-ring (bicyclic) bond motifs is 1. The number of H-pyrrole nitrogens is 1. The third kappa shape index (κ3) is 4.34. The van der Waals surface area contributed by atoms with E-state index in [4.69, 9.17) is 0 Å².